The molecule has 2 nitrogen and oxygen atoms in total. The lowest BCUT2D eigenvalue weighted by Gasteiger charge is -2.33. The van der Waals surface area contributed by atoms with Gasteiger partial charge in [0.05, 0.1) is 0 Å². The fraction of sp³-hybridized carbons (Fsp3) is 0.737. The summed E-state index contributed by atoms with van der Waals surface area (Å²) in [7, 11) is 0. The largest absolute Gasteiger partial charge is 0.348 e. The van der Waals surface area contributed by atoms with E-state index in [9.17, 15) is 4.79 Å². The quantitative estimate of drug-likeness (QED) is 0.773. The summed E-state index contributed by atoms with van der Waals surface area (Å²) in [6.07, 6.45) is 8.46. The number of hydrogen-bond donors (Lipinski definition) is 0. The van der Waals surface area contributed by atoms with Crippen molar-refractivity contribution in [2.24, 2.45) is 10.8 Å². The number of carbonyl (C=O) groups excluding carboxylic acids is 1. The molecule has 2 aliphatic carbocycles. The van der Waals surface area contributed by atoms with E-state index in [0.29, 0.717) is 17.6 Å². The third-order valence-electron chi connectivity index (χ3n) is 5.91. The average molecular weight is 287 g/mol. The lowest BCUT2D eigenvalue weighted by molar-refractivity contribution is 0.0908. The van der Waals surface area contributed by atoms with Crippen LogP contribution < -0.4 is 0 Å². The number of aromatic nitrogens is 1. The molecule has 0 aromatic carbocycles. The maximum Gasteiger partial charge on any atom is 0.165 e. The molecule has 116 valence electrons. The van der Waals surface area contributed by atoms with E-state index in [4.69, 9.17) is 0 Å². The second-order valence-electron chi connectivity index (χ2n) is 8.23. The van der Waals surface area contributed by atoms with E-state index in [0.717, 1.165) is 18.5 Å². The molecular weight excluding hydrogens is 258 g/mol. The van der Waals surface area contributed by atoms with Crippen molar-refractivity contribution in [2.75, 3.05) is 0 Å². The number of rotatable bonds is 3. The summed E-state index contributed by atoms with van der Waals surface area (Å²) in [5, 5.41) is 0. The predicted octanol–water partition coefficient (Wildman–Crippen LogP) is 4.92. The molecule has 0 N–H and O–H groups in total. The van der Waals surface area contributed by atoms with Crippen molar-refractivity contribution in [1.29, 1.82) is 0 Å². The van der Waals surface area contributed by atoms with E-state index in [1.54, 1.807) is 0 Å². The van der Waals surface area contributed by atoms with Gasteiger partial charge in [0.25, 0.3) is 0 Å². The lowest BCUT2D eigenvalue weighted by Crippen LogP contribution is -2.30. The highest BCUT2D eigenvalue weighted by atomic mass is 16.1. The maximum absolute atomic E-state index is 12.4. The molecule has 1 fully saturated rings. The summed E-state index contributed by atoms with van der Waals surface area (Å²) in [6.45, 7) is 10.1. The van der Waals surface area contributed by atoms with E-state index >= 15 is 0 Å². The first-order valence-electron chi connectivity index (χ1n) is 8.58. The molecular formula is C19H29NO. The highest BCUT2D eigenvalue weighted by molar-refractivity contribution is 5.99. The van der Waals surface area contributed by atoms with Gasteiger partial charge < -0.3 is 4.57 Å². The molecule has 0 aliphatic heterocycles. The minimum atomic E-state index is 0.113. The Kier molecular flexibility index (Phi) is 3.54. The summed E-state index contributed by atoms with van der Waals surface area (Å²) in [5.41, 5.74) is 4.19. The van der Waals surface area contributed by atoms with Gasteiger partial charge in [0, 0.05) is 29.9 Å². The number of hydrogen-bond acceptors (Lipinski definition) is 1. The van der Waals surface area contributed by atoms with Crippen LogP contribution in [0.25, 0.3) is 0 Å². The van der Waals surface area contributed by atoms with Crippen LogP contribution in [0.1, 0.15) is 81.0 Å². The second-order valence-corrected chi connectivity index (χ2v) is 8.23. The number of carbonyl (C=O) groups is 1. The van der Waals surface area contributed by atoms with Crippen molar-refractivity contribution >= 4 is 5.78 Å². The van der Waals surface area contributed by atoms with E-state index < -0.39 is 0 Å². The van der Waals surface area contributed by atoms with Crippen LogP contribution in [0.4, 0.5) is 0 Å². The summed E-state index contributed by atoms with van der Waals surface area (Å²) < 4.78 is 2.49. The predicted molar refractivity (Wildman–Crippen MR) is 86.8 cm³/mol. The molecule has 3 rings (SSSR count). The van der Waals surface area contributed by atoms with E-state index in [1.807, 2.05) is 0 Å². The monoisotopic (exact) mass is 287 g/mol. The summed E-state index contributed by atoms with van der Waals surface area (Å²) in [6, 6.07) is 2.14. The maximum atomic E-state index is 12.4. The van der Waals surface area contributed by atoms with Gasteiger partial charge in [0.2, 0.25) is 0 Å². The zero-order valence-electron chi connectivity index (χ0n) is 14.1. The highest BCUT2D eigenvalue weighted by Crippen LogP contribution is 2.44. The zero-order valence-corrected chi connectivity index (χ0v) is 14.1. The van der Waals surface area contributed by atoms with Gasteiger partial charge in [-0.25, -0.2) is 0 Å². The fourth-order valence-electron chi connectivity index (χ4n) is 4.51. The lowest BCUT2D eigenvalue weighted by atomic mass is 9.76. The number of ketones is 1. The Balaban J connectivity index is 1.99. The van der Waals surface area contributed by atoms with Crippen molar-refractivity contribution in [3.63, 3.8) is 0 Å². The minimum absolute atomic E-state index is 0.113. The Hall–Kier alpha value is -1.05. The Morgan fingerprint density at radius 3 is 2.48 bits per heavy atom. The summed E-state index contributed by atoms with van der Waals surface area (Å²) in [5.74, 6) is 0.347. The topological polar surface area (TPSA) is 22.0 Å². The van der Waals surface area contributed by atoms with Crippen LogP contribution in [0.3, 0.4) is 0 Å². The van der Waals surface area contributed by atoms with Crippen LogP contribution in [-0.4, -0.2) is 10.4 Å². The number of fused-ring (bicyclic) bond motifs is 1. The Bertz CT molecular complexity index is 558. The van der Waals surface area contributed by atoms with Crippen LogP contribution in [0.5, 0.6) is 0 Å². The SMILES string of the molecule is CCC1(Cn2c(C)cc3c2CC(C)(C)CC3=O)CCCC1. The van der Waals surface area contributed by atoms with Crippen molar-refractivity contribution < 1.29 is 4.79 Å². The second kappa shape index (κ2) is 5.00. The third-order valence-corrected chi connectivity index (χ3v) is 5.91. The third kappa shape index (κ3) is 2.58. The van der Waals surface area contributed by atoms with Gasteiger partial charge >= 0.3 is 0 Å². The smallest absolute Gasteiger partial charge is 0.165 e. The molecule has 2 heteroatoms. The number of aryl methyl sites for hydroxylation is 1. The molecule has 0 saturated heterocycles. The summed E-state index contributed by atoms with van der Waals surface area (Å²) >= 11 is 0. The Morgan fingerprint density at radius 1 is 1.19 bits per heavy atom. The van der Waals surface area contributed by atoms with Gasteiger partial charge in [0.1, 0.15) is 0 Å². The molecule has 0 atom stereocenters. The molecule has 1 aromatic heterocycles. The number of nitrogens with zero attached hydrogens (tertiary/aromatic N) is 1. The van der Waals surface area contributed by atoms with Gasteiger partial charge in [-0.2, -0.15) is 0 Å². The van der Waals surface area contributed by atoms with E-state index in [1.165, 1.54) is 43.5 Å². The molecule has 0 spiro atoms. The van der Waals surface area contributed by atoms with E-state index in [2.05, 4.69) is 38.3 Å². The van der Waals surface area contributed by atoms with Crippen molar-refractivity contribution in [3.05, 3.63) is 23.0 Å². The van der Waals surface area contributed by atoms with Gasteiger partial charge in [-0.3, -0.25) is 4.79 Å². The molecule has 1 saturated carbocycles. The molecule has 1 heterocycles. The first-order chi connectivity index (χ1) is 9.86. The Labute approximate surface area is 128 Å². The molecule has 2 aliphatic rings. The first-order valence-corrected chi connectivity index (χ1v) is 8.58. The number of Topliss-reactive ketones (excluding diaryl/α,β-unsaturated/α-hetero) is 1. The molecule has 1 aromatic rings. The average Bonchev–Trinajstić information content (AvgIpc) is 2.98. The molecule has 0 unspecified atom stereocenters. The van der Waals surface area contributed by atoms with Crippen molar-refractivity contribution in [1.82, 2.24) is 4.57 Å². The van der Waals surface area contributed by atoms with Crippen LogP contribution in [0, 0.1) is 17.8 Å². The first kappa shape index (κ1) is 14.9. The van der Waals surface area contributed by atoms with Gasteiger partial charge in [-0.1, -0.05) is 33.6 Å². The fourth-order valence-corrected chi connectivity index (χ4v) is 4.51. The van der Waals surface area contributed by atoms with E-state index in [-0.39, 0.29) is 5.41 Å². The van der Waals surface area contributed by atoms with Crippen LogP contribution in [-0.2, 0) is 13.0 Å². The van der Waals surface area contributed by atoms with Crippen LogP contribution in [0.2, 0.25) is 0 Å². The molecule has 21 heavy (non-hydrogen) atoms. The molecule has 0 bridgehead atoms. The zero-order chi connectivity index (χ0) is 15.3. The Morgan fingerprint density at radius 2 is 1.86 bits per heavy atom. The summed E-state index contributed by atoms with van der Waals surface area (Å²) in [4.78, 5) is 12.4. The molecule has 0 radical (unpaired) electrons. The normalized spacial score (nSPS) is 23.3. The van der Waals surface area contributed by atoms with Gasteiger partial charge in [-0.15, -0.1) is 0 Å². The minimum Gasteiger partial charge on any atom is -0.348 e. The highest BCUT2D eigenvalue weighted by Gasteiger charge is 2.37. The van der Waals surface area contributed by atoms with Crippen molar-refractivity contribution in [3.8, 4) is 0 Å². The van der Waals surface area contributed by atoms with Crippen molar-refractivity contribution in [2.45, 2.75) is 79.2 Å². The van der Waals surface area contributed by atoms with Crippen LogP contribution >= 0.6 is 0 Å². The standard InChI is InChI=1S/C19H29NO/c1-5-19(8-6-7-9-19)13-20-14(2)10-15-16(20)11-18(3,4)12-17(15)21/h10H,5-9,11-13H2,1-4H3. The van der Waals surface area contributed by atoms with Gasteiger partial charge in [-0.05, 0) is 49.5 Å². The van der Waals surface area contributed by atoms with Gasteiger partial charge in [0.15, 0.2) is 5.78 Å². The molecule has 0 amide bonds. The van der Waals surface area contributed by atoms with Crippen LogP contribution in [0.15, 0.2) is 6.07 Å².